The van der Waals surface area contributed by atoms with E-state index in [2.05, 4.69) is 54.0 Å². The van der Waals surface area contributed by atoms with Crippen molar-refractivity contribution >= 4 is 60.4 Å². The van der Waals surface area contributed by atoms with Crippen LogP contribution in [0.2, 0.25) is 0 Å². The van der Waals surface area contributed by atoms with Crippen molar-refractivity contribution in [3.8, 4) is 11.5 Å². The number of nitrogens with two attached hydrogens (primary N) is 1. The first kappa shape index (κ1) is 18.8. The van der Waals surface area contributed by atoms with E-state index in [-0.39, 0.29) is 0 Å². The van der Waals surface area contributed by atoms with Gasteiger partial charge < -0.3 is 15.2 Å². The number of nitrogens with zero attached hydrogens (tertiary/aromatic N) is 2. The van der Waals surface area contributed by atoms with Crippen molar-refractivity contribution in [3.63, 3.8) is 0 Å². The number of rotatable bonds is 8. The summed E-state index contributed by atoms with van der Waals surface area (Å²) < 4.78 is 12.9. The Bertz CT molecular complexity index is 749. The predicted octanol–water partition coefficient (Wildman–Crippen LogP) is 4.66. The van der Waals surface area contributed by atoms with Crippen molar-refractivity contribution in [1.82, 2.24) is 4.98 Å². The molecule has 1 aromatic heterocycles. The molecule has 0 amide bonds. The number of hydrazone groups is 1. The third-order valence-corrected chi connectivity index (χ3v) is 5.60. The molecular weight excluding hydrogens is 460 g/mol. The molecule has 6 nitrogen and oxygen atoms in total. The molecule has 2 rings (SSSR count). The molecular formula is C15H16Br2N4O2S. The number of ether oxygens (including phenoxy) is 2. The lowest BCUT2D eigenvalue weighted by Gasteiger charge is -2.15. The Kier molecular flexibility index (Phi) is 7.07. The first-order valence-corrected chi connectivity index (χ1v) is 9.42. The van der Waals surface area contributed by atoms with Crippen molar-refractivity contribution in [3.05, 3.63) is 38.6 Å². The fourth-order valence-corrected chi connectivity index (χ4v) is 3.22. The highest BCUT2D eigenvalue weighted by atomic mass is 79.9. The van der Waals surface area contributed by atoms with Crippen molar-refractivity contribution < 1.29 is 9.47 Å². The second-order valence-corrected chi connectivity index (χ2v) is 6.85. The molecule has 9 heteroatoms. The molecule has 0 unspecified atom stereocenters. The van der Waals surface area contributed by atoms with Crippen LogP contribution in [0.25, 0.3) is 0 Å². The first-order chi connectivity index (χ1) is 11.6. The van der Waals surface area contributed by atoms with Crippen LogP contribution in [-0.4, -0.2) is 24.4 Å². The second-order valence-electron chi connectivity index (χ2n) is 4.40. The number of benzene rings is 1. The summed E-state index contributed by atoms with van der Waals surface area (Å²) in [5.74, 6) is 1.69. The Morgan fingerprint density at radius 3 is 2.83 bits per heavy atom. The number of hydrogen-bond acceptors (Lipinski definition) is 7. The molecule has 0 fully saturated rings. The van der Waals surface area contributed by atoms with E-state index >= 15 is 0 Å². The van der Waals surface area contributed by atoms with Crippen LogP contribution < -0.4 is 20.6 Å². The van der Waals surface area contributed by atoms with Gasteiger partial charge in [-0.05, 0) is 44.8 Å². The number of halogens is 2. The van der Waals surface area contributed by atoms with E-state index in [4.69, 9.17) is 15.2 Å². The van der Waals surface area contributed by atoms with Gasteiger partial charge in [0.05, 0.1) is 17.3 Å². The number of nitrogens with one attached hydrogen (secondary N) is 1. The van der Waals surface area contributed by atoms with Gasteiger partial charge in [0.25, 0.3) is 0 Å². The summed E-state index contributed by atoms with van der Waals surface area (Å²) in [4.78, 5) is 4.07. The maximum atomic E-state index is 5.68. The highest BCUT2D eigenvalue weighted by molar-refractivity contribution is 9.13. The quantitative estimate of drug-likeness (QED) is 0.329. The molecule has 128 valence electrons. The maximum Gasteiger partial charge on any atom is 0.205 e. The van der Waals surface area contributed by atoms with Crippen LogP contribution in [-0.2, 0) is 0 Å². The number of anilines is 2. The van der Waals surface area contributed by atoms with Crippen molar-refractivity contribution in [2.75, 3.05) is 24.4 Å². The van der Waals surface area contributed by atoms with Crippen LogP contribution in [0.15, 0.2) is 38.1 Å². The lowest BCUT2D eigenvalue weighted by atomic mass is 10.2. The topological polar surface area (TPSA) is 81.8 Å². The molecule has 24 heavy (non-hydrogen) atoms. The van der Waals surface area contributed by atoms with E-state index in [0.717, 1.165) is 14.5 Å². The lowest BCUT2D eigenvalue weighted by molar-refractivity contribution is 0.295. The van der Waals surface area contributed by atoms with Gasteiger partial charge in [-0.15, -0.1) is 11.3 Å². The van der Waals surface area contributed by atoms with E-state index < -0.39 is 0 Å². The van der Waals surface area contributed by atoms with E-state index in [0.29, 0.717) is 35.7 Å². The molecule has 0 saturated carbocycles. The SMILES string of the molecule is C=CCOc1c(OCC)cc(C=NNc2nc(N)cs2)c(Br)c1Br. The van der Waals surface area contributed by atoms with Crippen LogP contribution in [0.3, 0.4) is 0 Å². The zero-order valence-corrected chi connectivity index (χ0v) is 16.9. The maximum absolute atomic E-state index is 5.68. The van der Waals surface area contributed by atoms with E-state index in [1.807, 2.05) is 13.0 Å². The third-order valence-electron chi connectivity index (χ3n) is 2.69. The zero-order valence-electron chi connectivity index (χ0n) is 12.9. The normalized spacial score (nSPS) is 10.8. The smallest absolute Gasteiger partial charge is 0.205 e. The number of aromatic nitrogens is 1. The summed E-state index contributed by atoms with van der Waals surface area (Å²) in [7, 11) is 0. The largest absolute Gasteiger partial charge is 0.490 e. The van der Waals surface area contributed by atoms with Crippen molar-refractivity contribution in [1.29, 1.82) is 0 Å². The summed E-state index contributed by atoms with van der Waals surface area (Å²) in [6, 6.07) is 1.85. The molecule has 0 aliphatic rings. The van der Waals surface area contributed by atoms with Gasteiger partial charge in [-0.3, -0.25) is 5.43 Å². The van der Waals surface area contributed by atoms with Crippen LogP contribution in [0.5, 0.6) is 11.5 Å². The zero-order chi connectivity index (χ0) is 17.5. The molecule has 0 aliphatic heterocycles. The van der Waals surface area contributed by atoms with E-state index in [1.54, 1.807) is 17.7 Å². The van der Waals surface area contributed by atoms with Crippen LogP contribution in [0, 0.1) is 0 Å². The monoisotopic (exact) mass is 474 g/mol. The summed E-state index contributed by atoms with van der Waals surface area (Å²) in [6.45, 7) is 6.47. The fourth-order valence-electron chi connectivity index (χ4n) is 1.73. The minimum atomic E-state index is 0.381. The van der Waals surface area contributed by atoms with Gasteiger partial charge in [-0.25, -0.2) is 4.98 Å². The van der Waals surface area contributed by atoms with Crippen LogP contribution in [0.4, 0.5) is 10.9 Å². The van der Waals surface area contributed by atoms with Crippen molar-refractivity contribution in [2.45, 2.75) is 6.92 Å². The van der Waals surface area contributed by atoms with Gasteiger partial charge >= 0.3 is 0 Å². The second kappa shape index (κ2) is 9.05. The highest BCUT2D eigenvalue weighted by Crippen LogP contribution is 2.42. The van der Waals surface area contributed by atoms with E-state index in [9.17, 15) is 0 Å². The molecule has 1 aromatic carbocycles. The molecule has 0 bridgehead atoms. The number of thiazole rings is 1. The van der Waals surface area contributed by atoms with Gasteiger partial charge in [0, 0.05) is 15.4 Å². The summed E-state index contributed by atoms with van der Waals surface area (Å²) >= 11 is 8.44. The lowest BCUT2D eigenvalue weighted by Crippen LogP contribution is -2.02. The van der Waals surface area contributed by atoms with Gasteiger partial charge in [-0.2, -0.15) is 5.10 Å². The average Bonchev–Trinajstić information content (AvgIpc) is 2.97. The minimum Gasteiger partial charge on any atom is -0.490 e. The van der Waals surface area contributed by atoms with Gasteiger partial charge in [0.15, 0.2) is 11.5 Å². The Labute approximate surface area is 161 Å². The average molecular weight is 476 g/mol. The molecule has 0 radical (unpaired) electrons. The molecule has 0 saturated heterocycles. The van der Waals surface area contributed by atoms with Gasteiger partial charge in [-0.1, -0.05) is 12.7 Å². The summed E-state index contributed by atoms with van der Waals surface area (Å²) in [5.41, 5.74) is 9.22. The summed E-state index contributed by atoms with van der Waals surface area (Å²) in [5, 5.41) is 6.53. The molecule has 0 aliphatic carbocycles. The standard InChI is InChI=1S/C15H16Br2N4O2S/c1-3-5-23-14-10(22-4-2)6-9(12(16)13(14)17)7-19-21-15-20-11(18)8-24-15/h3,6-8H,1,4-5,18H2,2H3,(H,20,21). The van der Waals surface area contributed by atoms with Gasteiger partial charge in [0.2, 0.25) is 5.13 Å². The number of nitrogen functional groups attached to an aromatic ring is 1. The Morgan fingerprint density at radius 2 is 2.21 bits per heavy atom. The predicted molar refractivity (Wildman–Crippen MR) is 106 cm³/mol. The molecule has 1 heterocycles. The number of hydrogen-bond donors (Lipinski definition) is 2. The minimum absolute atomic E-state index is 0.381. The molecule has 0 spiro atoms. The molecule has 2 aromatic rings. The van der Waals surface area contributed by atoms with E-state index in [1.165, 1.54) is 11.3 Å². The highest BCUT2D eigenvalue weighted by Gasteiger charge is 2.16. The van der Waals surface area contributed by atoms with Crippen molar-refractivity contribution in [2.24, 2.45) is 5.10 Å². The molecule has 0 atom stereocenters. The van der Waals surface area contributed by atoms with Crippen LogP contribution in [0.1, 0.15) is 12.5 Å². The molecule has 3 N–H and O–H groups in total. The third kappa shape index (κ3) is 4.71. The Morgan fingerprint density at radius 1 is 1.42 bits per heavy atom. The summed E-state index contributed by atoms with van der Waals surface area (Å²) in [6.07, 6.45) is 3.33. The fraction of sp³-hybridized carbons (Fsp3) is 0.200. The first-order valence-electron chi connectivity index (χ1n) is 6.95. The Balaban J connectivity index is 2.26. The van der Waals surface area contributed by atoms with Crippen LogP contribution >= 0.6 is 43.2 Å². The van der Waals surface area contributed by atoms with Gasteiger partial charge in [0.1, 0.15) is 12.4 Å². The Hall–Kier alpha value is -1.58.